The number of nitrogens with one attached hydrogen (secondary N) is 2. The van der Waals surface area contributed by atoms with Crippen LogP contribution in [0, 0.1) is 11.3 Å². The first kappa shape index (κ1) is 14.2. The highest BCUT2D eigenvalue weighted by molar-refractivity contribution is 5.93. The lowest BCUT2D eigenvalue weighted by molar-refractivity contribution is -0.115. The van der Waals surface area contributed by atoms with E-state index < -0.39 is 0 Å². The van der Waals surface area contributed by atoms with Crippen molar-refractivity contribution < 1.29 is 9.53 Å². The summed E-state index contributed by atoms with van der Waals surface area (Å²) in [6.07, 6.45) is 0.860. The number of nitrogens with zero attached hydrogens (tertiary/aromatic N) is 1. The van der Waals surface area contributed by atoms with E-state index in [0.717, 1.165) is 13.0 Å². The van der Waals surface area contributed by atoms with Gasteiger partial charge in [-0.15, -0.1) is 0 Å². The zero-order valence-electron chi connectivity index (χ0n) is 10.4. The molecule has 96 valence electrons. The summed E-state index contributed by atoms with van der Waals surface area (Å²) < 4.78 is 4.90. The molecule has 18 heavy (non-hydrogen) atoms. The number of nitriles is 1. The first-order chi connectivity index (χ1) is 8.77. The number of carbonyl (C=O) groups is 1. The minimum Gasteiger partial charge on any atom is -0.385 e. The van der Waals surface area contributed by atoms with E-state index in [4.69, 9.17) is 10.00 Å². The average molecular weight is 247 g/mol. The van der Waals surface area contributed by atoms with E-state index in [1.165, 1.54) is 0 Å². The number of para-hydroxylation sites is 1. The van der Waals surface area contributed by atoms with Crippen LogP contribution in [0.25, 0.3) is 0 Å². The maximum atomic E-state index is 11.6. The second-order valence-electron chi connectivity index (χ2n) is 3.73. The smallest absolute Gasteiger partial charge is 0.238 e. The lowest BCUT2D eigenvalue weighted by Crippen LogP contribution is -2.29. The molecule has 0 spiro atoms. The molecule has 5 nitrogen and oxygen atoms in total. The van der Waals surface area contributed by atoms with Crippen molar-refractivity contribution in [1.29, 1.82) is 5.26 Å². The highest BCUT2D eigenvalue weighted by Crippen LogP contribution is 2.12. The third-order valence-electron chi connectivity index (χ3n) is 2.31. The molecule has 0 saturated carbocycles. The molecule has 0 unspecified atom stereocenters. The lowest BCUT2D eigenvalue weighted by atomic mass is 10.2. The van der Waals surface area contributed by atoms with Crippen LogP contribution < -0.4 is 10.6 Å². The lowest BCUT2D eigenvalue weighted by Gasteiger charge is -2.07. The van der Waals surface area contributed by atoms with Gasteiger partial charge in [0.25, 0.3) is 0 Å². The fraction of sp³-hybridized carbons (Fsp3) is 0.385. The van der Waals surface area contributed by atoms with Gasteiger partial charge in [0.1, 0.15) is 6.07 Å². The number of hydrogen-bond acceptors (Lipinski definition) is 4. The standard InChI is InChI=1S/C13H17N3O2/c1-18-8-4-7-15-10-13(17)16-12-6-3-2-5-11(12)9-14/h2-3,5-6,15H,4,7-8,10H2,1H3,(H,16,17). The van der Waals surface area contributed by atoms with E-state index in [0.29, 0.717) is 17.9 Å². The maximum Gasteiger partial charge on any atom is 0.238 e. The minimum absolute atomic E-state index is 0.157. The molecule has 0 atom stereocenters. The molecule has 0 saturated heterocycles. The maximum absolute atomic E-state index is 11.6. The van der Waals surface area contributed by atoms with Crippen molar-refractivity contribution in [1.82, 2.24) is 5.32 Å². The average Bonchev–Trinajstić information content (AvgIpc) is 2.39. The summed E-state index contributed by atoms with van der Waals surface area (Å²) in [5.41, 5.74) is 1.01. The van der Waals surface area contributed by atoms with Crippen LogP contribution in [0.4, 0.5) is 5.69 Å². The molecule has 0 aliphatic rings. The van der Waals surface area contributed by atoms with Gasteiger partial charge in [-0.25, -0.2) is 0 Å². The fourth-order valence-corrected chi connectivity index (χ4v) is 1.43. The zero-order valence-corrected chi connectivity index (χ0v) is 10.4. The van der Waals surface area contributed by atoms with Crippen LogP contribution >= 0.6 is 0 Å². The van der Waals surface area contributed by atoms with Crippen LogP contribution in [0.1, 0.15) is 12.0 Å². The summed E-state index contributed by atoms with van der Waals surface area (Å²) in [7, 11) is 1.64. The Balaban J connectivity index is 2.34. The number of rotatable bonds is 7. The Bertz CT molecular complexity index is 426. The first-order valence-corrected chi connectivity index (χ1v) is 5.76. The van der Waals surface area contributed by atoms with E-state index in [1.54, 1.807) is 31.4 Å². The molecule has 5 heteroatoms. The molecule has 0 heterocycles. The number of amides is 1. The van der Waals surface area contributed by atoms with Crippen molar-refractivity contribution in [3.8, 4) is 6.07 Å². The Morgan fingerprint density at radius 3 is 2.94 bits per heavy atom. The van der Waals surface area contributed by atoms with Crippen molar-refractivity contribution in [2.75, 3.05) is 32.1 Å². The summed E-state index contributed by atoms with van der Waals surface area (Å²) in [6, 6.07) is 8.95. The summed E-state index contributed by atoms with van der Waals surface area (Å²) in [5, 5.41) is 14.6. The molecule has 2 N–H and O–H groups in total. The van der Waals surface area contributed by atoms with Crippen molar-refractivity contribution >= 4 is 11.6 Å². The topological polar surface area (TPSA) is 74.2 Å². The molecule has 0 aromatic heterocycles. The molecule has 1 rings (SSSR count). The minimum atomic E-state index is -0.157. The Kier molecular flexibility index (Phi) is 6.47. The van der Waals surface area contributed by atoms with Crippen LogP contribution in [0.2, 0.25) is 0 Å². The van der Waals surface area contributed by atoms with E-state index in [2.05, 4.69) is 10.6 Å². The Morgan fingerprint density at radius 1 is 1.44 bits per heavy atom. The van der Waals surface area contributed by atoms with Crippen LogP contribution in [-0.4, -0.2) is 32.7 Å². The SMILES string of the molecule is COCCCNCC(=O)Nc1ccccc1C#N. The molecular weight excluding hydrogens is 230 g/mol. The van der Waals surface area contributed by atoms with Gasteiger partial charge in [0.2, 0.25) is 5.91 Å². The van der Waals surface area contributed by atoms with Crippen LogP contribution in [-0.2, 0) is 9.53 Å². The van der Waals surface area contributed by atoms with E-state index in [9.17, 15) is 4.79 Å². The molecular formula is C13H17N3O2. The molecule has 0 aliphatic heterocycles. The van der Waals surface area contributed by atoms with Crippen LogP contribution in [0.15, 0.2) is 24.3 Å². The molecule has 0 radical (unpaired) electrons. The van der Waals surface area contributed by atoms with Gasteiger partial charge in [-0.1, -0.05) is 12.1 Å². The van der Waals surface area contributed by atoms with Gasteiger partial charge in [-0.2, -0.15) is 5.26 Å². The monoisotopic (exact) mass is 247 g/mol. The Morgan fingerprint density at radius 2 is 2.22 bits per heavy atom. The molecule has 0 bridgehead atoms. The number of methoxy groups -OCH3 is 1. The molecule has 1 aromatic carbocycles. The largest absolute Gasteiger partial charge is 0.385 e. The van der Waals surface area contributed by atoms with Gasteiger partial charge in [-0.05, 0) is 25.1 Å². The third kappa shape index (κ3) is 4.95. The quantitative estimate of drug-likeness (QED) is 0.708. The predicted octanol–water partition coefficient (Wildman–Crippen LogP) is 1.12. The molecule has 0 aliphatic carbocycles. The van der Waals surface area contributed by atoms with Gasteiger partial charge in [-0.3, -0.25) is 4.79 Å². The summed E-state index contributed by atoms with van der Waals surface area (Å²) in [5.74, 6) is -0.157. The second-order valence-corrected chi connectivity index (χ2v) is 3.73. The van der Waals surface area contributed by atoms with Gasteiger partial charge in [0.15, 0.2) is 0 Å². The summed E-state index contributed by atoms with van der Waals surface area (Å²) in [6.45, 7) is 1.62. The molecule has 1 amide bonds. The normalized spacial score (nSPS) is 9.78. The Hall–Kier alpha value is -1.90. The number of ether oxygens (including phenoxy) is 1. The van der Waals surface area contributed by atoms with Crippen molar-refractivity contribution in [3.63, 3.8) is 0 Å². The van der Waals surface area contributed by atoms with Crippen LogP contribution in [0.5, 0.6) is 0 Å². The van der Waals surface area contributed by atoms with Gasteiger partial charge in [0, 0.05) is 13.7 Å². The van der Waals surface area contributed by atoms with Crippen LogP contribution in [0.3, 0.4) is 0 Å². The first-order valence-electron chi connectivity index (χ1n) is 5.76. The Labute approximate surface area is 107 Å². The van der Waals surface area contributed by atoms with E-state index in [-0.39, 0.29) is 12.5 Å². The highest BCUT2D eigenvalue weighted by Gasteiger charge is 2.05. The van der Waals surface area contributed by atoms with E-state index >= 15 is 0 Å². The summed E-state index contributed by atoms with van der Waals surface area (Å²) >= 11 is 0. The van der Waals surface area contributed by atoms with Crippen molar-refractivity contribution in [2.45, 2.75) is 6.42 Å². The van der Waals surface area contributed by atoms with Crippen molar-refractivity contribution in [2.24, 2.45) is 0 Å². The van der Waals surface area contributed by atoms with Gasteiger partial charge < -0.3 is 15.4 Å². The third-order valence-corrected chi connectivity index (χ3v) is 2.31. The predicted molar refractivity (Wildman–Crippen MR) is 69.1 cm³/mol. The van der Waals surface area contributed by atoms with E-state index in [1.807, 2.05) is 6.07 Å². The fourth-order valence-electron chi connectivity index (χ4n) is 1.43. The second kappa shape index (κ2) is 8.23. The molecule has 0 fully saturated rings. The number of hydrogen-bond donors (Lipinski definition) is 2. The number of benzene rings is 1. The highest BCUT2D eigenvalue weighted by atomic mass is 16.5. The molecule has 1 aromatic rings. The summed E-state index contributed by atoms with van der Waals surface area (Å²) in [4.78, 5) is 11.6. The van der Waals surface area contributed by atoms with Gasteiger partial charge in [0.05, 0.1) is 17.8 Å². The number of anilines is 1. The van der Waals surface area contributed by atoms with Crippen molar-refractivity contribution in [3.05, 3.63) is 29.8 Å². The zero-order chi connectivity index (χ0) is 13.2. The van der Waals surface area contributed by atoms with Gasteiger partial charge >= 0.3 is 0 Å². The number of carbonyl (C=O) groups excluding carboxylic acids is 1.